The molecule has 1 amide bonds. The van der Waals surface area contributed by atoms with Crippen LogP contribution in [-0.2, 0) is 0 Å². The Bertz CT molecular complexity index is 701. The van der Waals surface area contributed by atoms with Crippen molar-refractivity contribution in [2.24, 2.45) is 5.73 Å². The highest BCUT2D eigenvalue weighted by molar-refractivity contribution is 6.31. The van der Waals surface area contributed by atoms with Gasteiger partial charge in [-0.2, -0.15) is 0 Å². The molecule has 116 valence electrons. The van der Waals surface area contributed by atoms with E-state index in [1.54, 1.807) is 12.1 Å². The second-order valence-electron chi connectivity index (χ2n) is 5.95. The van der Waals surface area contributed by atoms with Crippen molar-refractivity contribution in [1.29, 1.82) is 0 Å². The Morgan fingerprint density at radius 3 is 2.91 bits per heavy atom. The highest BCUT2D eigenvalue weighted by Gasteiger charge is 2.30. The lowest BCUT2D eigenvalue weighted by Crippen LogP contribution is -2.51. The number of piperidine rings is 1. The van der Waals surface area contributed by atoms with Crippen LogP contribution in [-0.4, -0.2) is 34.4 Å². The highest BCUT2D eigenvalue weighted by atomic mass is 35.5. The largest absolute Gasteiger partial charge is 0.333 e. The van der Waals surface area contributed by atoms with Crippen LogP contribution in [0.4, 0.5) is 0 Å². The van der Waals surface area contributed by atoms with Crippen molar-refractivity contribution in [3.05, 3.63) is 41.0 Å². The average molecular weight is 318 g/mol. The van der Waals surface area contributed by atoms with Crippen molar-refractivity contribution >= 4 is 28.4 Å². The zero-order valence-electron chi connectivity index (χ0n) is 12.6. The second kappa shape index (κ2) is 6.23. The summed E-state index contributed by atoms with van der Waals surface area (Å²) in [5.41, 5.74) is 7.26. The van der Waals surface area contributed by atoms with Crippen LogP contribution in [0.2, 0.25) is 5.02 Å². The Labute approximate surface area is 135 Å². The summed E-state index contributed by atoms with van der Waals surface area (Å²) in [7, 11) is 0. The van der Waals surface area contributed by atoms with Gasteiger partial charge >= 0.3 is 0 Å². The van der Waals surface area contributed by atoms with Gasteiger partial charge in [-0.25, -0.2) is 4.98 Å². The van der Waals surface area contributed by atoms with E-state index in [0.717, 1.165) is 36.7 Å². The van der Waals surface area contributed by atoms with Crippen LogP contribution in [0, 0.1) is 0 Å². The van der Waals surface area contributed by atoms with Gasteiger partial charge in [0.15, 0.2) is 0 Å². The van der Waals surface area contributed by atoms with Crippen LogP contribution >= 0.6 is 11.6 Å². The van der Waals surface area contributed by atoms with Gasteiger partial charge in [-0.1, -0.05) is 23.7 Å². The summed E-state index contributed by atoms with van der Waals surface area (Å²) in [6.07, 6.45) is 3.11. The number of amides is 1. The molecule has 2 unspecified atom stereocenters. The molecule has 0 radical (unpaired) electrons. The van der Waals surface area contributed by atoms with E-state index in [9.17, 15) is 4.79 Å². The first-order valence-electron chi connectivity index (χ1n) is 7.69. The first-order valence-corrected chi connectivity index (χ1v) is 8.07. The normalized spacial score (nSPS) is 20.1. The molecule has 0 saturated carbocycles. The fourth-order valence-corrected chi connectivity index (χ4v) is 3.28. The molecule has 22 heavy (non-hydrogen) atoms. The molecule has 0 bridgehead atoms. The third-order valence-electron chi connectivity index (χ3n) is 4.29. The number of nitrogens with zero attached hydrogens (tertiary/aromatic N) is 2. The number of hydrogen-bond acceptors (Lipinski definition) is 3. The second-order valence-corrected chi connectivity index (χ2v) is 6.39. The molecule has 1 saturated heterocycles. The van der Waals surface area contributed by atoms with Crippen molar-refractivity contribution in [2.45, 2.75) is 38.3 Å². The maximum atomic E-state index is 12.8. The average Bonchev–Trinajstić information content (AvgIpc) is 2.53. The minimum absolute atomic E-state index is 0.0286. The van der Waals surface area contributed by atoms with Gasteiger partial charge < -0.3 is 10.6 Å². The minimum Gasteiger partial charge on any atom is -0.333 e. The fourth-order valence-electron chi connectivity index (χ4n) is 3.11. The summed E-state index contributed by atoms with van der Waals surface area (Å²) in [6, 6.07) is 9.28. The van der Waals surface area contributed by atoms with Gasteiger partial charge in [0.05, 0.1) is 5.52 Å². The van der Waals surface area contributed by atoms with Gasteiger partial charge in [0.25, 0.3) is 5.91 Å². The number of halogens is 1. The van der Waals surface area contributed by atoms with Gasteiger partial charge in [-0.05, 0) is 44.4 Å². The minimum atomic E-state index is -0.0381. The number of pyridine rings is 1. The maximum Gasteiger partial charge on any atom is 0.272 e. The van der Waals surface area contributed by atoms with Crippen molar-refractivity contribution < 1.29 is 4.79 Å². The summed E-state index contributed by atoms with van der Waals surface area (Å²) in [6.45, 7) is 2.71. The lowest BCUT2D eigenvalue weighted by molar-refractivity contribution is 0.0578. The molecular formula is C17H20ClN3O. The molecule has 2 heterocycles. The van der Waals surface area contributed by atoms with E-state index in [1.807, 2.05) is 30.0 Å². The van der Waals surface area contributed by atoms with E-state index in [-0.39, 0.29) is 18.0 Å². The molecule has 1 aliphatic rings. The number of carbonyl (C=O) groups is 1. The Morgan fingerprint density at radius 2 is 2.14 bits per heavy atom. The first-order chi connectivity index (χ1) is 10.6. The molecule has 2 atom stereocenters. The van der Waals surface area contributed by atoms with Crippen molar-refractivity contribution in [1.82, 2.24) is 9.88 Å². The van der Waals surface area contributed by atoms with Gasteiger partial charge in [-0.3, -0.25) is 4.79 Å². The molecule has 2 N–H and O–H groups in total. The summed E-state index contributed by atoms with van der Waals surface area (Å²) >= 11 is 6.01. The highest BCUT2D eigenvalue weighted by Crippen LogP contribution is 2.23. The number of fused-ring (bicyclic) bond motifs is 1. The van der Waals surface area contributed by atoms with Crippen molar-refractivity contribution in [3.63, 3.8) is 0 Å². The molecule has 0 aliphatic carbocycles. The molecule has 4 nitrogen and oxygen atoms in total. The third-order valence-corrected chi connectivity index (χ3v) is 4.53. The molecule has 1 aromatic carbocycles. The molecule has 0 spiro atoms. The van der Waals surface area contributed by atoms with Gasteiger partial charge in [0.1, 0.15) is 5.69 Å². The number of aromatic nitrogens is 1. The quantitative estimate of drug-likeness (QED) is 0.925. The number of carbonyl (C=O) groups excluding carboxylic acids is 1. The van der Waals surface area contributed by atoms with Crippen LogP contribution in [0.15, 0.2) is 30.3 Å². The molecule has 3 rings (SSSR count). The summed E-state index contributed by atoms with van der Waals surface area (Å²) in [5.74, 6) is -0.0381. The number of rotatable bonds is 2. The van der Waals surface area contributed by atoms with E-state index < -0.39 is 0 Å². The molecule has 1 aromatic heterocycles. The molecular weight excluding hydrogens is 298 g/mol. The Balaban J connectivity index is 1.93. The van der Waals surface area contributed by atoms with Crippen molar-refractivity contribution in [2.75, 3.05) is 6.54 Å². The zero-order chi connectivity index (χ0) is 15.7. The predicted molar refractivity (Wildman–Crippen MR) is 89.1 cm³/mol. The van der Waals surface area contributed by atoms with Gasteiger partial charge in [-0.15, -0.1) is 0 Å². The molecule has 1 fully saturated rings. The lowest BCUT2D eigenvalue weighted by atomic mass is 9.96. The van der Waals surface area contributed by atoms with Crippen LogP contribution in [0.25, 0.3) is 10.9 Å². The number of hydrogen-bond donors (Lipinski definition) is 1. The van der Waals surface area contributed by atoms with E-state index in [0.29, 0.717) is 10.7 Å². The summed E-state index contributed by atoms with van der Waals surface area (Å²) in [4.78, 5) is 19.2. The SMILES string of the molecule is CC(N)C1CCCCN1C(=O)c1ccc2ccc(Cl)cc2n1. The number of nitrogens with two attached hydrogens (primary N) is 1. The van der Waals surface area contributed by atoms with Crippen molar-refractivity contribution in [3.8, 4) is 0 Å². The zero-order valence-corrected chi connectivity index (χ0v) is 13.4. The van der Waals surface area contributed by atoms with E-state index in [4.69, 9.17) is 17.3 Å². The third kappa shape index (κ3) is 2.94. The predicted octanol–water partition coefficient (Wildman–Crippen LogP) is 3.23. The van der Waals surface area contributed by atoms with Crippen LogP contribution in [0.5, 0.6) is 0 Å². The number of benzene rings is 1. The monoisotopic (exact) mass is 317 g/mol. The standard InChI is InChI=1S/C17H20ClN3O/c1-11(19)16-4-2-3-9-21(16)17(22)14-8-6-12-5-7-13(18)10-15(12)20-14/h5-8,10-11,16H,2-4,9,19H2,1H3. The first kappa shape index (κ1) is 15.3. The smallest absolute Gasteiger partial charge is 0.272 e. The van der Waals surface area contributed by atoms with E-state index in [2.05, 4.69) is 4.98 Å². The Hall–Kier alpha value is -1.65. The van der Waals surface area contributed by atoms with Gasteiger partial charge in [0, 0.05) is 29.0 Å². The molecule has 1 aliphatic heterocycles. The fraction of sp³-hybridized carbons (Fsp3) is 0.412. The van der Waals surface area contributed by atoms with Crippen LogP contribution < -0.4 is 5.73 Å². The summed E-state index contributed by atoms with van der Waals surface area (Å²) < 4.78 is 0. The Kier molecular flexibility index (Phi) is 4.32. The van der Waals surface area contributed by atoms with E-state index in [1.165, 1.54) is 0 Å². The summed E-state index contributed by atoms with van der Waals surface area (Å²) in [5, 5.41) is 1.60. The number of likely N-dealkylation sites (tertiary alicyclic amines) is 1. The lowest BCUT2D eigenvalue weighted by Gasteiger charge is -2.37. The Morgan fingerprint density at radius 1 is 1.36 bits per heavy atom. The van der Waals surface area contributed by atoms with Gasteiger partial charge in [0.2, 0.25) is 0 Å². The molecule has 5 heteroatoms. The van der Waals surface area contributed by atoms with Crippen LogP contribution in [0.3, 0.4) is 0 Å². The maximum absolute atomic E-state index is 12.8. The van der Waals surface area contributed by atoms with Crippen LogP contribution in [0.1, 0.15) is 36.7 Å². The topological polar surface area (TPSA) is 59.2 Å². The molecule has 2 aromatic rings. The van der Waals surface area contributed by atoms with E-state index >= 15 is 0 Å².